The topological polar surface area (TPSA) is 51.0 Å². The van der Waals surface area contributed by atoms with E-state index < -0.39 is 0 Å². The normalized spacial score (nSPS) is 16.1. The van der Waals surface area contributed by atoms with Gasteiger partial charge in [0.1, 0.15) is 5.82 Å². The molecular formula is C16H15FN4OS. The van der Waals surface area contributed by atoms with Crippen molar-refractivity contribution in [2.24, 2.45) is 0 Å². The van der Waals surface area contributed by atoms with Crippen LogP contribution in [-0.2, 0) is 0 Å². The van der Waals surface area contributed by atoms with Crippen molar-refractivity contribution >= 4 is 27.3 Å². The van der Waals surface area contributed by atoms with Gasteiger partial charge >= 0.3 is 0 Å². The number of thiophene rings is 1. The predicted octanol–water partition coefficient (Wildman–Crippen LogP) is 3.11. The van der Waals surface area contributed by atoms with Gasteiger partial charge in [0.05, 0.1) is 17.1 Å². The summed E-state index contributed by atoms with van der Waals surface area (Å²) in [6, 6.07) is 6.71. The van der Waals surface area contributed by atoms with Crippen molar-refractivity contribution in [2.45, 2.75) is 18.9 Å². The summed E-state index contributed by atoms with van der Waals surface area (Å²) >= 11 is 1.42. The van der Waals surface area contributed by atoms with Crippen LogP contribution in [0.15, 0.2) is 36.7 Å². The summed E-state index contributed by atoms with van der Waals surface area (Å²) in [5.74, 6) is -0.244. The van der Waals surface area contributed by atoms with Gasteiger partial charge in [-0.05, 0) is 42.5 Å². The second-order valence-corrected chi connectivity index (χ2v) is 6.78. The van der Waals surface area contributed by atoms with E-state index in [0.29, 0.717) is 24.0 Å². The number of likely N-dealkylation sites (tertiary alicyclic amines) is 1. The molecule has 0 spiro atoms. The quantitative estimate of drug-likeness (QED) is 0.725. The summed E-state index contributed by atoms with van der Waals surface area (Å²) < 4.78 is 16.1. The van der Waals surface area contributed by atoms with Gasteiger partial charge in [-0.3, -0.25) is 4.79 Å². The van der Waals surface area contributed by atoms with Crippen LogP contribution in [0.25, 0.3) is 10.1 Å². The Labute approximate surface area is 136 Å². The van der Waals surface area contributed by atoms with E-state index in [1.165, 1.54) is 23.5 Å². The van der Waals surface area contributed by atoms with Crippen LogP contribution < -0.4 is 0 Å². The zero-order valence-electron chi connectivity index (χ0n) is 12.4. The number of carbonyl (C=O) groups is 1. The van der Waals surface area contributed by atoms with E-state index >= 15 is 0 Å². The fourth-order valence-electron chi connectivity index (χ4n) is 3.02. The van der Waals surface area contributed by atoms with Crippen LogP contribution in [0.3, 0.4) is 0 Å². The van der Waals surface area contributed by atoms with Crippen molar-refractivity contribution in [3.8, 4) is 0 Å². The lowest BCUT2D eigenvalue weighted by atomic mass is 10.1. The number of aromatic nitrogens is 3. The number of piperidine rings is 1. The third-order valence-electron chi connectivity index (χ3n) is 4.26. The summed E-state index contributed by atoms with van der Waals surface area (Å²) in [4.78, 5) is 15.2. The van der Waals surface area contributed by atoms with Gasteiger partial charge in [-0.15, -0.1) is 16.4 Å². The summed E-state index contributed by atoms with van der Waals surface area (Å²) in [6.07, 6.45) is 5.28. The van der Waals surface area contributed by atoms with Gasteiger partial charge in [0.15, 0.2) is 0 Å². The van der Waals surface area contributed by atoms with Gasteiger partial charge in [-0.2, -0.15) is 0 Å². The standard InChI is InChI=1S/C16H15FN4OS/c17-12-1-2-14-11(9-12)10-15(23-14)16(22)20-6-3-13(4-7-20)21-8-5-18-19-21/h1-2,5,8-10,13H,3-4,6-7H2. The Morgan fingerprint density at radius 3 is 2.83 bits per heavy atom. The van der Waals surface area contributed by atoms with Crippen LogP contribution in [0, 0.1) is 5.82 Å². The second-order valence-electron chi connectivity index (χ2n) is 5.70. The van der Waals surface area contributed by atoms with Crippen LogP contribution >= 0.6 is 11.3 Å². The first-order chi connectivity index (χ1) is 11.2. The Morgan fingerprint density at radius 2 is 2.09 bits per heavy atom. The molecule has 1 aromatic carbocycles. The van der Waals surface area contributed by atoms with Gasteiger partial charge in [0.25, 0.3) is 5.91 Å². The molecule has 3 heterocycles. The molecule has 118 valence electrons. The summed E-state index contributed by atoms with van der Waals surface area (Å²) in [6.45, 7) is 1.40. The molecule has 0 unspecified atom stereocenters. The first-order valence-corrected chi connectivity index (χ1v) is 8.36. The fourth-order valence-corrected chi connectivity index (χ4v) is 4.03. The third kappa shape index (κ3) is 2.72. The number of rotatable bonds is 2. The number of hydrogen-bond donors (Lipinski definition) is 0. The zero-order chi connectivity index (χ0) is 15.8. The monoisotopic (exact) mass is 330 g/mol. The minimum atomic E-state index is -0.275. The van der Waals surface area contributed by atoms with Gasteiger partial charge in [0.2, 0.25) is 0 Å². The molecule has 5 nitrogen and oxygen atoms in total. The van der Waals surface area contributed by atoms with Crippen molar-refractivity contribution in [3.63, 3.8) is 0 Å². The molecule has 0 radical (unpaired) electrons. The molecule has 0 bridgehead atoms. The van der Waals surface area contributed by atoms with E-state index in [1.807, 2.05) is 15.8 Å². The smallest absolute Gasteiger partial charge is 0.263 e. The largest absolute Gasteiger partial charge is 0.338 e. The molecule has 4 rings (SSSR count). The highest BCUT2D eigenvalue weighted by Gasteiger charge is 2.25. The number of benzene rings is 1. The number of amides is 1. The molecular weight excluding hydrogens is 315 g/mol. The highest BCUT2D eigenvalue weighted by molar-refractivity contribution is 7.20. The number of carbonyl (C=O) groups excluding carboxylic acids is 1. The Balaban J connectivity index is 1.48. The Morgan fingerprint density at radius 1 is 1.26 bits per heavy atom. The lowest BCUT2D eigenvalue weighted by molar-refractivity contribution is 0.0694. The predicted molar refractivity (Wildman–Crippen MR) is 86.0 cm³/mol. The summed E-state index contributed by atoms with van der Waals surface area (Å²) in [5, 5.41) is 8.66. The molecule has 23 heavy (non-hydrogen) atoms. The highest BCUT2D eigenvalue weighted by atomic mass is 32.1. The molecule has 1 aliphatic heterocycles. The SMILES string of the molecule is O=C(c1cc2cc(F)ccc2s1)N1CCC(n2ccnn2)CC1. The van der Waals surface area contributed by atoms with Crippen molar-refractivity contribution in [3.05, 3.63) is 47.4 Å². The first kappa shape index (κ1) is 14.3. The van der Waals surface area contributed by atoms with Crippen molar-refractivity contribution in [1.29, 1.82) is 0 Å². The lowest BCUT2D eigenvalue weighted by Crippen LogP contribution is -2.38. The maximum atomic E-state index is 13.3. The average Bonchev–Trinajstić information content (AvgIpc) is 3.23. The molecule has 1 aliphatic rings. The average molecular weight is 330 g/mol. The molecule has 0 atom stereocenters. The number of nitrogens with zero attached hydrogens (tertiary/aromatic N) is 4. The van der Waals surface area contributed by atoms with Crippen LogP contribution in [0.1, 0.15) is 28.6 Å². The summed E-state index contributed by atoms with van der Waals surface area (Å²) in [5.41, 5.74) is 0. The molecule has 0 aliphatic carbocycles. The maximum Gasteiger partial charge on any atom is 0.263 e. The Bertz CT molecular complexity index is 837. The highest BCUT2D eigenvalue weighted by Crippen LogP contribution is 2.29. The number of fused-ring (bicyclic) bond motifs is 1. The van der Waals surface area contributed by atoms with E-state index in [-0.39, 0.29) is 11.7 Å². The van der Waals surface area contributed by atoms with Crippen LogP contribution in [-0.4, -0.2) is 38.9 Å². The van der Waals surface area contributed by atoms with Crippen LogP contribution in [0.5, 0.6) is 0 Å². The second kappa shape index (κ2) is 5.73. The zero-order valence-corrected chi connectivity index (χ0v) is 13.2. The number of halogens is 1. The van der Waals surface area contributed by atoms with Crippen molar-refractivity contribution in [1.82, 2.24) is 19.9 Å². The van der Waals surface area contributed by atoms with Crippen molar-refractivity contribution < 1.29 is 9.18 Å². The minimum Gasteiger partial charge on any atom is -0.338 e. The first-order valence-electron chi connectivity index (χ1n) is 7.55. The molecule has 0 N–H and O–H groups in total. The number of hydrogen-bond acceptors (Lipinski definition) is 4. The van der Waals surface area contributed by atoms with Crippen LogP contribution in [0.4, 0.5) is 4.39 Å². The van der Waals surface area contributed by atoms with Gasteiger partial charge in [0, 0.05) is 24.0 Å². The molecule has 1 fully saturated rings. The third-order valence-corrected chi connectivity index (χ3v) is 5.36. The Hall–Kier alpha value is -2.28. The minimum absolute atomic E-state index is 0.0312. The Kier molecular flexibility index (Phi) is 3.57. The molecule has 1 amide bonds. The van der Waals surface area contributed by atoms with Crippen molar-refractivity contribution in [2.75, 3.05) is 13.1 Å². The molecule has 0 saturated carbocycles. The van der Waals surface area contributed by atoms with E-state index in [2.05, 4.69) is 10.3 Å². The fraction of sp³-hybridized carbons (Fsp3) is 0.312. The molecule has 7 heteroatoms. The van der Waals surface area contributed by atoms with Gasteiger partial charge < -0.3 is 4.90 Å². The van der Waals surface area contributed by atoms with Gasteiger partial charge in [-0.25, -0.2) is 9.07 Å². The van der Waals surface area contributed by atoms with Gasteiger partial charge in [-0.1, -0.05) is 5.21 Å². The van der Waals surface area contributed by atoms with E-state index in [1.54, 1.807) is 18.3 Å². The maximum absolute atomic E-state index is 13.3. The van der Waals surface area contributed by atoms with E-state index in [0.717, 1.165) is 22.9 Å². The lowest BCUT2D eigenvalue weighted by Gasteiger charge is -2.31. The van der Waals surface area contributed by atoms with E-state index in [9.17, 15) is 9.18 Å². The molecule has 3 aromatic rings. The van der Waals surface area contributed by atoms with Crippen LogP contribution in [0.2, 0.25) is 0 Å². The molecule has 2 aromatic heterocycles. The summed E-state index contributed by atoms with van der Waals surface area (Å²) in [7, 11) is 0. The van der Waals surface area contributed by atoms with E-state index in [4.69, 9.17) is 0 Å². The molecule has 1 saturated heterocycles.